The first kappa shape index (κ1) is 18.1. The van der Waals surface area contributed by atoms with E-state index in [2.05, 4.69) is 42.1 Å². The van der Waals surface area contributed by atoms with Gasteiger partial charge in [-0.25, -0.2) is 4.58 Å². The second-order valence-electron chi connectivity index (χ2n) is 6.40. The molecule has 1 fully saturated rings. The highest BCUT2D eigenvalue weighted by molar-refractivity contribution is 5.47. The molecular weight excluding hydrogens is 262 g/mol. The predicted molar refractivity (Wildman–Crippen MR) is 87.8 cm³/mol. The zero-order valence-corrected chi connectivity index (χ0v) is 14.4. The van der Waals surface area contributed by atoms with E-state index in [1.54, 1.807) is 9.80 Å². The van der Waals surface area contributed by atoms with E-state index in [9.17, 15) is 0 Å². The summed E-state index contributed by atoms with van der Waals surface area (Å²) < 4.78 is 2.29. The van der Waals surface area contributed by atoms with Gasteiger partial charge in [-0.15, -0.1) is 0 Å². The first-order valence-corrected chi connectivity index (χ1v) is 8.53. The van der Waals surface area contributed by atoms with Crippen LogP contribution in [0.3, 0.4) is 0 Å². The van der Waals surface area contributed by atoms with Crippen LogP contribution < -0.4 is 20.9 Å². The molecular formula is C16H37N5+4. The number of piperazine rings is 1. The maximum absolute atomic E-state index is 3.92. The van der Waals surface area contributed by atoms with Gasteiger partial charge in [-0.1, -0.05) is 0 Å². The molecule has 0 radical (unpaired) electrons. The second kappa shape index (κ2) is 10.8. The van der Waals surface area contributed by atoms with Gasteiger partial charge < -0.3 is 15.5 Å². The fraction of sp³-hybridized carbons (Fsp3) is 0.812. The average Bonchev–Trinajstić information content (AvgIpc) is 2.46. The molecule has 1 aliphatic rings. The van der Waals surface area contributed by atoms with Crippen molar-refractivity contribution < 1.29 is 20.1 Å². The molecule has 1 rings (SSSR count). The first-order valence-electron chi connectivity index (χ1n) is 8.53. The van der Waals surface area contributed by atoms with E-state index in [-0.39, 0.29) is 0 Å². The Morgan fingerprint density at radius 3 is 2.57 bits per heavy atom. The highest BCUT2D eigenvalue weighted by Gasteiger charge is 2.18. The fourth-order valence-electron chi connectivity index (χ4n) is 2.91. The van der Waals surface area contributed by atoms with Gasteiger partial charge in [-0.2, -0.15) is 0 Å². The lowest BCUT2D eigenvalue weighted by Crippen LogP contribution is -3.27. The Labute approximate surface area is 130 Å². The van der Waals surface area contributed by atoms with E-state index in [0.29, 0.717) is 0 Å². The molecule has 0 aliphatic carbocycles. The van der Waals surface area contributed by atoms with E-state index in [0.717, 1.165) is 19.5 Å². The Bertz CT molecular complexity index is 330. The third-order valence-electron chi connectivity index (χ3n) is 4.26. The van der Waals surface area contributed by atoms with Crippen molar-refractivity contribution in [1.29, 1.82) is 0 Å². The first-order chi connectivity index (χ1) is 10.2. The number of nitrogens with zero attached hydrogens (tertiary/aromatic N) is 1. The third kappa shape index (κ3) is 8.19. The van der Waals surface area contributed by atoms with Gasteiger partial charge in [0.1, 0.15) is 26.2 Å². The number of rotatable bonds is 9. The molecule has 0 saturated carbocycles. The topological polar surface area (TPSA) is 51.6 Å². The smallest absolute Gasteiger partial charge is 0.236 e. The van der Waals surface area contributed by atoms with Crippen molar-refractivity contribution in [2.24, 2.45) is 0 Å². The molecule has 0 aromatic heterocycles. The van der Waals surface area contributed by atoms with E-state index in [1.165, 1.54) is 51.1 Å². The molecule has 0 aromatic carbocycles. The van der Waals surface area contributed by atoms with Gasteiger partial charge in [-0.3, -0.25) is 5.32 Å². The molecule has 122 valence electrons. The second-order valence-corrected chi connectivity index (χ2v) is 6.40. The Morgan fingerprint density at radius 1 is 1.24 bits per heavy atom. The van der Waals surface area contributed by atoms with Crippen LogP contribution in [0.25, 0.3) is 0 Å². The zero-order valence-electron chi connectivity index (χ0n) is 14.4. The highest BCUT2D eigenvalue weighted by atomic mass is 15.2. The normalized spacial score (nSPS) is 24.2. The molecule has 6 N–H and O–H groups in total. The molecule has 1 aliphatic heterocycles. The van der Waals surface area contributed by atoms with E-state index >= 15 is 0 Å². The highest BCUT2D eigenvalue weighted by Crippen LogP contribution is 1.98. The Balaban J connectivity index is 2.24. The third-order valence-corrected chi connectivity index (χ3v) is 4.26. The molecule has 0 amide bonds. The summed E-state index contributed by atoms with van der Waals surface area (Å²) in [6, 6.07) is 0. The quantitative estimate of drug-likeness (QED) is 0.156. The van der Waals surface area contributed by atoms with Gasteiger partial charge in [0.15, 0.2) is 0 Å². The van der Waals surface area contributed by atoms with Gasteiger partial charge in [0.25, 0.3) is 0 Å². The van der Waals surface area contributed by atoms with E-state index in [4.69, 9.17) is 0 Å². The lowest BCUT2D eigenvalue weighted by molar-refractivity contribution is -1.00. The van der Waals surface area contributed by atoms with Gasteiger partial charge in [-0.05, 0) is 18.9 Å². The van der Waals surface area contributed by atoms with Crippen molar-refractivity contribution in [3.8, 4) is 0 Å². The molecule has 0 aromatic rings. The molecule has 5 heteroatoms. The number of nitrogens with one attached hydrogen (secondary N) is 3. The van der Waals surface area contributed by atoms with Crippen molar-refractivity contribution in [3.63, 3.8) is 0 Å². The van der Waals surface area contributed by atoms with Gasteiger partial charge in [0.2, 0.25) is 6.34 Å². The standard InChI is InChI=1S/C16H33N5/c1-16(6-7-17)14-21(15-18-2)9-5-4-8-20-12-10-19(3)11-13-20/h14-15H,4-13,17H2,1-3H3/p+4. The SMILES string of the molecule is CNC=[N+](C=C(C)CC[NH3+])CCCC[NH+]1CC[NH+](C)CC1. The van der Waals surface area contributed by atoms with Crippen molar-refractivity contribution in [1.82, 2.24) is 5.32 Å². The summed E-state index contributed by atoms with van der Waals surface area (Å²) in [6.45, 7) is 11.0. The van der Waals surface area contributed by atoms with Crippen LogP contribution >= 0.6 is 0 Å². The minimum absolute atomic E-state index is 0.977. The van der Waals surface area contributed by atoms with Gasteiger partial charge >= 0.3 is 0 Å². The molecule has 0 spiro atoms. The van der Waals surface area contributed by atoms with Gasteiger partial charge in [0.05, 0.1) is 39.9 Å². The summed E-state index contributed by atoms with van der Waals surface area (Å²) in [4.78, 5) is 3.49. The van der Waals surface area contributed by atoms with Crippen molar-refractivity contribution in [2.45, 2.75) is 26.2 Å². The number of hydrogen-bond donors (Lipinski definition) is 4. The Morgan fingerprint density at radius 2 is 1.95 bits per heavy atom. The summed E-state index contributed by atoms with van der Waals surface area (Å²) in [5.41, 5.74) is 5.33. The average molecular weight is 300 g/mol. The lowest BCUT2D eigenvalue weighted by atomic mass is 10.2. The summed E-state index contributed by atoms with van der Waals surface area (Å²) in [5.74, 6) is 0. The van der Waals surface area contributed by atoms with Crippen LogP contribution in [0.5, 0.6) is 0 Å². The van der Waals surface area contributed by atoms with Crippen molar-refractivity contribution in [3.05, 3.63) is 11.8 Å². The number of quaternary nitrogens is 3. The summed E-state index contributed by atoms with van der Waals surface area (Å²) in [6.07, 6.45) is 8.00. The zero-order chi connectivity index (χ0) is 15.5. The minimum atomic E-state index is 0.977. The predicted octanol–water partition coefficient (Wildman–Crippen LogP) is -3.02. The monoisotopic (exact) mass is 299 g/mol. The Kier molecular flexibility index (Phi) is 9.30. The van der Waals surface area contributed by atoms with Crippen LogP contribution in [-0.2, 0) is 0 Å². The molecule has 0 bridgehead atoms. The molecule has 0 atom stereocenters. The number of unbranched alkanes of at least 4 members (excludes halogenated alkanes) is 1. The maximum Gasteiger partial charge on any atom is 0.236 e. The van der Waals surface area contributed by atoms with Crippen molar-refractivity contribution >= 4 is 6.34 Å². The molecule has 21 heavy (non-hydrogen) atoms. The van der Waals surface area contributed by atoms with Crippen LogP contribution in [0.1, 0.15) is 26.2 Å². The summed E-state index contributed by atoms with van der Waals surface area (Å²) >= 11 is 0. The molecule has 1 heterocycles. The lowest BCUT2D eigenvalue weighted by Gasteiger charge is -2.27. The largest absolute Gasteiger partial charge is 0.357 e. The van der Waals surface area contributed by atoms with E-state index < -0.39 is 0 Å². The molecule has 0 unspecified atom stereocenters. The van der Waals surface area contributed by atoms with Crippen LogP contribution in [0.15, 0.2) is 11.8 Å². The summed E-state index contributed by atoms with van der Waals surface area (Å²) in [5, 5.41) is 3.14. The van der Waals surface area contributed by atoms with Crippen LogP contribution in [-0.4, -0.2) is 70.8 Å². The Hall–Kier alpha value is -0.910. The van der Waals surface area contributed by atoms with Crippen molar-refractivity contribution in [2.75, 3.05) is 59.9 Å². The van der Waals surface area contributed by atoms with E-state index in [1.807, 2.05) is 7.05 Å². The molecule has 5 nitrogen and oxygen atoms in total. The molecule has 1 saturated heterocycles. The maximum atomic E-state index is 3.92. The number of likely N-dealkylation sites (N-methyl/N-ethyl adjacent to an activating group) is 1. The number of hydrogen-bond acceptors (Lipinski definition) is 0. The van der Waals surface area contributed by atoms with Crippen LogP contribution in [0, 0.1) is 0 Å². The minimum Gasteiger partial charge on any atom is -0.357 e. The van der Waals surface area contributed by atoms with Gasteiger partial charge in [0, 0.05) is 12.8 Å². The summed E-state index contributed by atoms with van der Waals surface area (Å²) in [7, 11) is 4.27. The van der Waals surface area contributed by atoms with Crippen LogP contribution in [0.4, 0.5) is 0 Å². The fourth-order valence-corrected chi connectivity index (χ4v) is 2.91. The van der Waals surface area contributed by atoms with Crippen LogP contribution in [0.2, 0.25) is 0 Å².